The Morgan fingerprint density at radius 1 is 0.481 bits per heavy atom. The number of nitrogens with zero attached hydrogens (tertiary/aromatic N) is 1. The third-order valence-electron chi connectivity index (χ3n) is 4.85. The van der Waals surface area contributed by atoms with E-state index in [0.717, 1.165) is 0 Å². The maximum absolute atomic E-state index is 2.32. The van der Waals surface area contributed by atoms with E-state index < -0.39 is 0 Å². The van der Waals surface area contributed by atoms with Gasteiger partial charge in [0, 0.05) is 25.3 Å². The van der Waals surface area contributed by atoms with Gasteiger partial charge < -0.3 is 4.90 Å². The molecule has 0 fully saturated rings. The van der Waals surface area contributed by atoms with E-state index in [2.05, 4.69) is 122 Å². The molecule has 132 valence electrons. The van der Waals surface area contributed by atoms with Gasteiger partial charge in [0.25, 0.3) is 0 Å². The summed E-state index contributed by atoms with van der Waals surface area (Å²) >= 11 is 0. The van der Waals surface area contributed by atoms with Gasteiger partial charge in [-0.25, -0.2) is 0 Å². The zero-order valence-corrected chi connectivity index (χ0v) is 15.8. The first kappa shape index (κ1) is 17.1. The smallest absolute Gasteiger partial charge is 0.0453 e. The Bertz CT molecular complexity index is 1020. The number of anilines is 1. The van der Waals surface area contributed by atoms with Crippen molar-refractivity contribution in [3.05, 3.63) is 103 Å². The first-order valence-electron chi connectivity index (χ1n) is 9.25. The molecule has 1 nitrogen and oxygen atoms in total. The normalized spacial score (nSPS) is 10.6. The van der Waals surface area contributed by atoms with E-state index >= 15 is 0 Å². The fourth-order valence-electron chi connectivity index (χ4n) is 3.53. The van der Waals surface area contributed by atoms with Crippen molar-refractivity contribution in [2.75, 3.05) is 19.0 Å². The van der Waals surface area contributed by atoms with E-state index in [0.29, 0.717) is 0 Å². The van der Waals surface area contributed by atoms with Gasteiger partial charge >= 0.3 is 0 Å². The van der Waals surface area contributed by atoms with E-state index in [1.807, 2.05) is 0 Å². The van der Waals surface area contributed by atoms with E-state index in [1.54, 1.807) is 0 Å². The number of rotatable bonds is 4. The van der Waals surface area contributed by atoms with Crippen LogP contribution in [-0.2, 0) is 0 Å². The minimum absolute atomic E-state index is 1.22. The summed E-state index contributed by atoms with van der Waals surface area (Å²) in [4.78, 5) is 2.21. The van der Waals surface area contributed by atoms with Crippen molar-refractivity contribution in [3.63, 3.8) is 0 Å². The van der Waals surface area contributed by atoms with Gasteiger partial charge in [0.2, 0.25) is 0 Å². The van der Waals surface area contributed by atoms with Crippen LogP contribution in [0.15, 0.2) is 103 Å². The zero-order chi connectivity index (χ0) is 18.6. The zero-order valence-electron chi connectivity index (χ0n) is 15.8. The van der Waals surface area contributed by atoms with Crippen LogP contribution in [0.2, 0.25) is 0 Å². The second-order valence-corrected chi connectivity index (χ2v) is 6.91. The molecule has 0 heterocycles. The lowest BCUT2D eigenvalue weighted by Crippen LogP contribution is -2.11. The highest BCUT2D eigenvalue weighted by atomic mass is 15.1. The summed E-state index contributed by atoms with van der Waals surface area (Å²) in [5.41, 5.74) is 8.69. The van der Waals surface area contributed by atoms with Gasteiger partial charge in [0.05, 0.1) is 0 Å². The predicted molar refractivity (Wildman–Crippen MR) is 117 cm³/mol. The predicted octanol–water partition coefficient (Wildman–Crippen LogP) is 6.75. The van der Waals surface area contributed by atoms with Crippen molar-refractivity contribution in [1.82, 2.24) is 0 Å². The molecule has 0 aliphatic heterocycles. The summed E-state index contributed by atoms with van der Waals surface area (Å²) in [6.45, 7) is 0. The Morgan fingerprint density at radius 3 is 1.48 bits per heavy atom. The molecule has 27 heavy (non-hydrogen) atoms. The molecule has 0 aromatic heterocycles. The molecule has 0 aliphatic rings. The van der Waals surface area contributed by atoms with Crippen LogP contribution in [0.1, 0.15) is 0 Å². The first-order chi connectivity index (χ1) is 13.2. The van der Waals surface area contributed by atoms with Gasteiger partial charge in [0.1, 0.15) is 0 Å². The number of hydrogen-bond acceptors (Lipinski definition) is 1. The summed E-state index contributed by atoms with van der Waals surface area (Å²) in [5, 5.41) is 0. The molecule has 0 atom stereocenters. The molecule has 4 aromatic carbocycles. The minimum atomic E-state index is 1.22. The second kappa shape index (κ2) is 7.51. The van der Waals surface area contributed by atoms with E-state index in [-0.39, 0.29) is 0 Å². The van der Waals surface area contributed by atoms with E-state index in [9.17, 15) is 0 Å². The van der Waals surface area contributed by atoms with Crippen molar-refractivity contribution in [2.24, 2.45) is 0 Å². The third-order valence-corrected chi connectivity index (χ3v) is 4.85. The van der Waals surface area contributed by atoms with Gasteiger partial charge in [-0.05, 0) is 39.9 Å². The number of hydrogen-bond donors (Lipinski definition) is 0. The Hall–Kier alpha value is -3.32. The van der Waals surface area contributed by atoms with Gasteiger partial charge in [-0.1, -0.05) is 91.0 Å². The highest BCUT2D eigenvalue weighted by molar-refractivity contribution is 5.95. The van der Waals surface area contributed by atoms with E-state index in [4.69, 9.17) is 0 Å². The van der Waals surface area contributed by atoms with Crippen molar-refractivity contribution in [3.8, 4) is 33.4 Å². The van der Waals surface area contributed by atoms with Crippen molar-refractivity contribution in [2.45, 2.75) is 0 Å². The summed E-state index contributed by atoms with van der Waals surface area (Å²) in [6, 6.07) is 36.5. The molecule has 0 saturated heterocycles. The van der Waals surface area contributed by atoms with Gasteiger partial charge in [-0.15, -0.1) is 0 Å². The summed E-state index contributed by atoms with van der Waals surface area (Å²) in [6.07, 6.45) is 0. The lowest BCUT2D eigenvalue weighted by molar-refractivity contribution is 1.13. The molecule has 0 radical (unpaired) electrons. The molecule has 0 bridgehead atoms. The molecular formula is C26H23N. The molecule has 0 amide bonds. The fourth-order valence-corrected chi connectivity index (χ4v) is 3.53. The lowest BCUT2D eigenvalue weighted by atomic mass is 9.89. The Labute approximate surface area is 161 Å². The maximum atomic E-state index is 2.32. The number of benzene rings is 4. The van der Waals surface area contributed by atoms with Crippen LogP contribution in [0.4, 0.5) is 5.69 Å². The quantitative estimate of drug-likeness (QED) is 0.394. The topological polar surface area (TPSA) is 3.24 Å². The fraction of sp³-hybridized carbons (Fsp3) is 0.0769. The minimum Gasteiger partial charge on any atom is -0.377 e. The summed E-state index contributed by atoms with van der Waals surface area (Å²) in [5.74, 6) is 0. The van der Waals surface area contributed by atoms with Crippen LogP contribution in [0.25, 0.3) is 33.4 Å². The monoisotopic (exact) mass is 349 g/mol. The Morgan fingerprint density at radius 2 is 0.963 bits per heavy atom. The van der Waals surface area contributed by atoms with Gasteiger partial charge in [-0.2, -0.15) is 0 Å². The molecule has 0 N–H and O–H groups in total. The van der Waals surface area contributed by atoms with Crippen molar-refractivity contribution in [1.29, 1.82) is 0 Å². The van der Waals surface area contributed by atoms with Crippen LogP contribution < -0.4 is 4.90 Å². The first-order valence-corrected chi connectivity index (χ1v) is 9.25. The van der Waals surface area contributed by atoms with Crippen LogP contribution >= 0.6 is 0 Å². The van der Waals surface area contributed by atoms with Crippen molar-refractivity contribution >= 4 is 5.69 Å². The summed E-state index contributed by atoms with van der Waals surface area (Å²) < 4.78 is 0. The summed E-state index contributed by atoms with van der Waals surface area (Å²) in [7, 11) is 4.23. The maximum Gasteiger partial charge on any atom is 0.0453 e. The van der Waals surface area contributed by atoms with Crippen LogP contribution in [0.3, 0.4) is 0 Å². The molecule has 0 aliphatic carbocycles. The van der Waals surface area contributed by atoms with E-state index in [1.165, 1.54) is 39.1 Å². The molecule has 0 spiro atoms. The Balaban J connectivity index is 2.05. The largest absolute Gasteiger partial charge is 0.377 e. The second-order valence-electron chi connectivity index (χ2n) is 6.91. The van der Waals surface area contributed by atoms with Crippen molar-refractivity contribution < 1.29 is 0 Å². The van der Waals surface area contributed by atoms with Crippen LogP contribution in [0.5, 0.6) is 0 Å². The average molecular weight is 349 g/mol. The molecule has 1 heteroatoms. The highest BCUT2D eigenvalue weighted by Gasteiger charge is 2.16. The average Bonchev–Trinajstić information content (AvgIpc) is 2.74. The van der Waals surface area contributed by atoms with Gasteiger partial charge in [0.15, 0.2) is 0 Å². The molecule has 0 saturated carbocycles. The SMILES string of the molecule is CN(C)c1cc(-c2ccccc2)cc(-c2ccccc2)c1-c1ccccc1. The molecular weight excluding hydrogens is 326 g/mol. The third kappa shape index (κ3) is 3.50. The lowest BCUT2D eigenvalue weighted by Gasteiger charge is -2.23. The highest BCUT2D eigenvalue weighted by Crippen LogP contribution is 2.42. The van der Waals surface area contributed by atoms with Gasteiger partial charge in [-0.3, -0.25) is 0 Å². The Kier molecular flexibility index (Phi) is 4.76. The standard InChI is InChI=1S/C26H23N/c1-27(2)25-19-23(20-12-6-3-7-13-20)18-24(21-14-8-4-9-15-21)26(25)22-16-10-5-11-17-22/h3-19H,1-2H3. The van der Waals surface area contributed by atoms with Crippen LogP contribution in [0, 0.1) is 0 Å². The molecule has 4 aromatic rings. The molecule has 4 rings (SSSR count). The van der Waals surface area contributed by atoms with Crippen LogP contribution in [-0.4, -0.2) is 14.1 Å². The molecule has 0 unspecified atom stereocenters.